The second-order valence-corrected chi connectivity index (χ2v) is 6.03. The van der Waals surface area contributed by atoms with Gasteiger partial charge in [0, 0.05) is 18.2 Å². The lowest BCUT2D eigenvalue weighted by Crippen LogP contribution is -2.09. The summed E-state index contributed by atoms with van der Waals surface area (Å²) in [6.07, 6.45) is 1.01. The normalized spacial score (nSPS) is 11.4. The molecule has 0 saturated heterocycles. The van der Waals surface area contributed by atoms with E-state index in [9.17, 15) is 17.6 Å². The number of carbonyl (C=O) groups is 1. The van der Waals surface area contributed by atoms with E-state index in [0.29, 0.717) is 11.1 Å². The molecule has 0 atom stereocenters. The molecule has 0 aliphatic heterocycles. The summed E-state index contributed by atoms with van der Waals surface area (Å²) in [5.74, 6) is -0.837. The Hall–Kier alpha value is -1.23. The van der Waals surface area contributed by atoms with Crippen molar-refractivity contribution in [2.75, 3.05) is 12.0 Å². The van der Waals surface area contributed by atoms with Crippen LogP contribution in [-0.2, 0) is 9.84 Å². The van der Waals surface area contributed by atoms with Crippen LogP contribution in [0.25, 0.3) is 0 Å². The fourth-order valence-corrected chi connectivity index (χ4v) is 1.80. The molecule has 1 rings (SSSR count). The van der Waals surface area contributed by atoms with Crippen molar-refractivity contribution in [1.82, 2.24) is 0 Å². The van der Waals surface area contributed by atoms with Gasteiger partial charge in [-0.15, -0.1) is 0 Å². The third kappa shape index (κ3) is 3.73. The average molecular weight is 244 g/mol. The van der Waals surface area contributed by atoms with Gasteiger partial charge in [0.15, 0.2) is 5.78 Å². The number of Topliss-reactive ketones (excluding diaryl/α,β-unsaturated/α-hetero) is 1. The molecule has 3 nitrogen and oxygen atoms in total. The van der Waals surface area contributed by atoms with Gasteiger partial charge in [0.2, 0.25) is 0 Å². The average Bonchev–Trinajstić information content (AvgIpc) is 2.17. The van der Waals surface area contributed by atoms with E-state index < -0.39 is 9.84 Å². The van der Waals surface area contributed by atoms with E-state index in [2.05, 4.69) is 0 Å². The first-order valence-corrected chi connectivity index (χ1v) is 6.83. The maximum absolute atomic E-state index is 12.9. The molecular formula is C11H13FO3S. The first-order chi connectivity index (χ1) is 7.29. The highest BCUT2D eigenvalue weighted by atomic mass is 32.2. The molecule has 0 N–H and O–H groups in total. The Balaban J connectivity index is 2.78. The second-order valence-electron chi connectivity index (χ2n) is 3.77. The predicted molar refractivity (Wildman–Crippen MR) is 59.8 cm³/mol. The molecule has 0 unspecified atom stereocenters. The molecule has 0 aliphatic carbocycles. The third-order valence-electron chi connectivity index (χ3n) is 2.18. The number of aryl methyl sites for hydroxylation is 1. The number of hydrogen-bond donors (Lipinski definition) is 0. The highest BCUT2D eigenvalue weighted by molar-refractivity contribution is 7.90. The van der Waals surface area contributed by atoms with E-state index in [-0.39, 0.29) is 23.8 Å². The van der Waals surface area contributed by atoms with Crippen LogP contribution in [0.3, 0.4) is 0 Å². The van der Waals surface area contributed by atoms with Gasteiger partial charge >= 0.3 is 0 Å². The molecule has 1 aromatic carbocycles. The van der Waals surface area contributed by atoms with Crippen LogP contribution in [0.15, 0.2) is 18.2 Å². The zero-order valence-corrected chi connectivity index (χ0v) is 9.97. The Bertz CT molecular complexity index is 506. The summed E-state index contributed by atoms with van der Waals surface area (Å²) in [5.41, 5.74) is 0.729. The fraction of sp³-hybridized carbons (Fsp3) is 0.364. The van der Waals surface area contributed by atoms with Crippen molar-refractivity contribution < 1.29 is 17.6 Å². The molecule has 0 bridgehead atoms. The number of benzene rings is 1. The van der Waals surface area contributed by atoms with Gasteiger partial charge in [-0.05, 0) is 30.7 Å². The van der Waals surface area contributed by atoms with Crippen LogP contribution in [-0.4, -0.2) is 26.2 Å². The topological polar surface area (TPSA) is 51.2 Å². The quantitative estimate of drug-likeness (QED) is 0.758. The van der Waals surface area contributed by atoms with E-state index in [0.717, 1.165) is 6.26 Å². The molecule has 0 saturated carbocycles. The lowest BCUT2D eigenvalue weighted by atomic mass is 10.1. The van der Waals surface area contributed by atoms with Crippen molar-refractivity contribution in [2.45, 2.75) is 13.3 Å². The number of ketones is 1. The van der Waals surface area contributed by atoms with Crippen LogP contribution >= 0.6 is 0 Å². The van der Waals surface area contributed by atoms with Gasteiger partial charge < -0.3 is 0 Å². The molecule has 0 aliphatic rings. The molecule has 0 fully saturated rings. The summed E-state index contributed by atoms with van der Waals surface area (Å²) >= 11 is 0. The minimum Gasteiger partial charge on any atom is -0.294 e. The van der Waals surface area contributed by atoms with Crippen molar-refractivity contribution >= 4 is 15.6 Å². The molecule has 0 heterocycles. The molecular weight excluding hydrogens is 231 g/mol. The van der Waals surface area contributed by atoms with Crippen LogP contribution in [0, 0.1) is 12.7 Å². The molecule has 0 radical (unpaired) electrons. The standard InChI is InChI=1S/C11H13FO3S/c1-8-7-9(3-4-10(8)12)11(13)5-6-16(2,14)15/h3-4,7H,5-6H2,1-2H3. The monoisotopic (exact) mass is 244 g/mol. The van der Waals surface area contributed by atoms with Gasteiger partial charge in [0.25, 0.3) is 0 Å². The number of carbonyl (C=O) groups excluding carboxylic acids is 1. The van der Waals surface area contributed by atoms with E-state index in [4.69, 9.17) is 0 Å². The van der Waals surface area contributed by atoms with Crippen LogP contribution in [0.2, 0.25) is 0 Å². The smallest absolute Gasteiger partial charge is 0.163 e. The lowest BCUT2D eigenvalue weighted by molar-refractivity contribution is 0.0988. The summed E-state index contributed by atoms with van der Waals surface area (Å²) in [6.45, 7) is 1.56. The van der Waals surface area contributed by atoms with Gasteiger partial charge in [-0.25, -0.2) is 12.8 Å². The van der Waals surface area contributed by atoms with Gasteiger partial charge in [0.05, 0.1) is 5.75 Å². The zero-order chi connectivity index (χ0) is 12.3. The maximum Gasteiger partial charge on any atom is 0.163 e. The molecule has 1 aromatic rings. The molecule has 0 spiro atoms. The Kier molecular flexibility index (Phi) is 3.80. The summed E-state index contributed by atoms with van der Waals surface area (Å²) < 4.78 is 34.7. The fourth-order valence-electron chi connectivity index (χ4n) is 1.24. The first kappa shape index (κ1) is 12.8. The largest absolute Gasteiger partial charge is 0.294 e. The van der Waals surface area contributed by atoms with E-state index in [1.54, 1.807) is 6.92 Å². The van der Waals surface area contributed by atoms with E-state index in [1.807, 2.05) is 0 Å². The number of hydrogen-bond acceptors (Lipinski definition) is 3. The summed E-state index contributed by atoms with van der Waals surface area (Å²) in [5, 5.41) is 0. The Morgan fingerprint density at radius 3 is 2.50 bits per heavy atom. The van der Waals surface area contributed by atoms with Crippen molar-refractivity contribution in [3.8, 4) is 0 Å². The second kappa shape index (κ2) is 4.74. The molecule has 16 heavy (non-hydrogen) atoms. The minimum absolute atomic E-state index is 0.0656. The lowest BCUT2D eigenvalue weighted by Gasteiger charge is -2.02. The Labute approximate surface area is 94.2 Å². The van der Waals surface area contributed by atoms with Crippen molar-refractivity contribution in [1.29, 1.82) is 0 Å². The van der Waals surface area contributed by atoms with E-state index >= 15 is 0 Å². The summed E-state index contributed by atoms with van der Waals surface area (Å²) in [7, 11) is -3.14. The number of halogens is 1. The summed E-state index contributed by atoms with van der Waals surface area (Å²) in [6, 6.07) is 4.01. The Morgan fingerprint density at radius 2 is 2.00 bits per heavy atom. The van der Waals surface area contributed by atoms with Crippen molar-refractivity contribution in [2.24, 2.45) is 0 Å². The molecule has 5 heteroatoms. The van der Waals surface area contributed by atoms with Crippen LogP contribution in [0.5, 0.6) is 0 Å². The van der Waals surface area contributed by atoms with Gasteiger partial charge in [0.1, 0.15) is 15.7 Å². The summed E-state index contributed by atoms with van der Waals surface area (Å²) in [4.78, 5) is 11.6. The highest BCUT2D eigenvalue weighted by Crippen LogP contribution is 2.11. The molecule has 0 amide bonds. The predicted octanol–water partition coefficient (Wildman–Crippen LogP) is 1.75. The van der Waals surface area contributed by atoms with Crippen molar-refractivity contribution in [3.05, 3.63) is 35.1 Å². The van der Waals surface area contributed by atoms with Crippen LogP contribution < -0.4 is 0 Å². The Morgan fingerprint density at radius 1 is 1.38 bits per heavy atom. The van der Waals surface area contributed by atoms with Crippen LogP contribution in [0.1, 0.15) is 22.3 Å². The van der Waals surface area contributed by atoms with Crippen molar-refractivity contribution in [3.63, 3.8) is 0 Å². The minimum atomic E-state index is -3.14. The molecule has 0 aromatic heterocycles. The van der Waals surface area contributed by atoms with E-state index in [1.165, 1.54) is 18.2 Å². The first-order valence-electron chi connectivity index (χ1n) is 4.76. The maximum atomic E-state index is 12.9. The van der Waals surface area contributed by atoms with Gasteiger partial charge in [-0.3, -0.25) is 4.79 Å². The number of rotatable bonds is 4. The highest BCUT2D eigenvalue weighted by Gasteiger charge is 2.11. The third-order valence-corrected chi connectivity index (χ3v) is 3.13. The van der Waals surface area contributed by atoms with Crippen LogP contribution in [0.4, 0.5) is 4.39 Å². The van der Waals surface area contributed by atoms with Gasteiger partial charge in [-0.2, -0.15) is 0 Å². The van der Waals surface area contributed by atoms with Gasteiger partial charge in [-0.1, -0.05) is 0 Å². The SMILES string of the molecule is Cc1cc(C(=O)CCS(C)(=O)=O)ccc1F. The zero-order valence-electron chi connectivity index (χ0n) is 9.16. The number of sulfone groups is 1. The molecule has 88 valence electrons.